The largest absolute Gasteiger partial charge is 0.496 e. The molecule has 1 heterocycles. The molecule has 4 nitrogen and oxygen atoms in total. The summed E-state index contributed by atoms with van der Waals surface area (Å²) in [6, 6.07) is 7.32. The van der Waals surface area contributed by atoms with Gasteiger partial charge in [-0.2, -0.15) is 0 Å². The summed E-state index contributed by atoms with van der Waals surface area (Å²) in [4.78, 5) is 14.5. The molecule has 1 aromatic rings. The SMILES string of the molecule is COc1ccccc1C(=O)N1CC(CBr)OC(C)(C)C1. The van der Waals surface area contributed by atoms with E-state index in [1.54, 1.807) is 19.2 Å². The number of halogens is 1. The number of nitrogens with zero attached hydrogens (tertiary/aromatic N) is 1. The molecule has 1 fully saturated rings. The molecule has 0 aromatic heterocycles. The third-order valence-corrected chi connectivity index (χ3v) is 4.00. The summed E-state index contributed by atoms with van der Waals surface area (Å²) in [7, 11) is 1.58. The number of ether oxygens (including phenoxy) is 2. The summed E-state index contributed by atoms with van der Waals surface area (Å²) in [5.74, 6) is 0.599. The van der Waals surface area contributed by atoms with Gasteiger partial charge in [0.05, 0.1) is 24.4 Å². The first-order valence-corrected chi connectivity index (χ1v) is 7.75. The number of hydrogen-bond donors (Lipinski definition) is 0. The molecule has 0 N–H and O–H groups in total. The van der Waals surface area contributed by atoms with Crippen molar-refractivity contribution in [2.75, 3.05) is 25.5 Å². The molecule has 1 atom stereocenters. The maximum atomic E-state index is 12.7. The van der Waals surface area contributed by atoms with E-state index in [9.17, 15) is 4.79 Å². The van der Waals surface area contributed by atoms with Gasteiger partial charge < -0.3 is 14.4 Å². The Morgan fingerprint density at radius 3 is 2.85 bits per heavy atom. The minimum Gasteiger partial charge on any atom is -0.496 e. The molecule has 1 amide bonds. The second-order valence-electron chi connectivity index (χ2n) is 5.54. The molecule has 1 aliphatic rings. The summed E-state index contributed by atoms with van der Waals surface area (Å²) < 4.78 is 11.2. The number of rotatable bonds is 3. The van der Waals surface area contributed by atoms with Gasteiger partial charge in [-0.3, -0.25) is 4.79 Å². The summed E-state index contributed by atoms with van der Waals surface area (Å²) in [5, 5.41) is 0.714. The molecular formula is C15H20BrNO3. The van der Waals surface area contributed by atoms with Gasteiger partial charge in [-0.25, -0.2) is 0 Å². The van der Waals surface area contributed by atoms with E-state index in [0.717, 1.165) is 0 Å². The number of hydrogen-bond acceptors (Lipinski definition) is 3. The monoisotopic (exact) mass is 341 g/mol. The predicted octanol–water partition coefficient (Wildman–Crippen LogP) is 2.71. The molecule has 20 heavy (non-hydrogen) atoms. The van der Waals surface area contributed by atoms with Gasteiger partial charge in [-0.1, -0.05) is 28.1 Å². The lowest BCUT2D eigenvalue weighted by Crippen LogP contribution is -2.55. The molecule has 0 radical (unpaired) electrons. The van der Waals surface area contributed by atoms with Crippen LogP contribution in [0.2, 0.25) is 0 Å². The van der Waals surface area contributed by atoms with Gasteiger partial charge in [0.2, 0.25) is 0 Å². The minimum atomic E-state index is -0.339. The van der Waals surface area contributed by atoms with Crippen molar-refractivity contribution < 1.29 is 14.3 Å². The van der Waals surface area contributed by atoms with Crippen LogP contribution in [0.15, 0.2) is 24.3 Å². The Balaban J connectivity index is 2.23. The van der Waals surface area contributed by atoms with Gasteiger partial charge in [-0.15, -0.1) is 0 Å². The number of morpholine rings is 1. The predicted molar refractivity (Wildman–Crippen MR) is 81.6 cm³/mol. The molecule has 0 saturated carbocycles. The molecule has 5 heteroatoms. The number of benzene rings is 1. The molecule has 110 valence electrons. The highest BCUT2D eigenvalue weighted by Gasteiger charge is 2.36. The van der Waals surface area contributed by atoms with Gasteiger partial charge >= 0.3 is 0 Å². The van der Waals surface area contributed by atoms with Crippen LogP contribution in [-0.2, 0) is 4.74 Å². The lowest BCUT2D eigenvalue weighted by atomic mass is 10.0. The number of amides is 1. The molecule has 0 aliphatic carbocycles. The van der Waals surface area contributed by atoms with E-state index in [0.29, 0.717) is 29.7 Å². The number of carbonyl (C=O) groups excluding carboxylic acids is 1. The highest BCUT2D eigenvalue weighted by Crippen LogP contribution is 2.26. The number of carbonyl (C=O) groups is 1. The first-order chi connectivity index (χ1) is 9.46. The second-order valence-corrected chi connectivity index (χ2v) is 6.19. The van der Waals surface area contributed by atoms with Crippen molar-refractivity contribution in [1.29, 1.82) is 0 Å². The van der Waals surface area contributed by atoms with E-state index in [-0.39, 0.29) is 17.6 Å². The second kappa shape index (κ2) is 6.14. The fourth-order valence-corrected chi connectivity index (χ4v) is 2.86. The topological polar surface area (TPSA) is 38.8 Å². The lowest BCUT2D eigenvalue weighted by Gasteiger charge is -2.42. The van der Waals surface area contributed by atoms with E-state index in [4.69, 9.17) is 9.47 Å². The summed E-state index contributed by atoms with van der Waals surface area (Å²) in [5.41, 5.74) is 0.259. The Hall–Kier alpha value is -1.07. The standard InChI is InChI=1S/C15H20BrNO3/c1-15(2)10-17(9-11(8-16)20-15)14(18)12-6-4-5-7-13(12)19-3/h4-7,11H,8-10H2,1-3H3. The van der Waals surface area contributed by atoms with E-state index in [1.165, 1.54) is 0 Å². The fourth-order valence-electron chi connectivity index (χ4n) is 2.52. The maximum Gasteiger partial charge on any atom is 0.257 e. The van der Waals surface area contributed by atoms with E-state index in [2.05, 4.69) is 15.9 Å². The van der Waals surface area contributed by atoms with E-state index >= 15 is 0 Å². The summed E-state index contributed by atoms with van der Waals surface area (Å²) in [6.07, 6.45) is 0.0115. The average Bonchev–Trinajstić information content (AvgIpc) is 2.44. The fraction of sp³-hybridized carbons (Fsp3) is 0.533. The van der Waals surface area contributed by atoms with Crippen LogP contribution >= 0.6 is 15.9 Å². The first kappa shape index (κ1) is 15.3. The zero-order valence-electron chi connectivity index (χ0n) is 12.1. The quantitative estimate of drug-likeness (QED) is 0.793. The van der Waals surface area contributed by atoms with Crippen LogP contribution in [-0.4, -0.2) is 48.0 Å². The van der Waals surface area contributed by atoms with Crippen molar-refractivity contribution in [2.45, 2.75) is 25.6 Å². The van der Waals surface area contributed by atoms with Crippen molar-refractivity contribution in [3.05, 3.63) is 29.8 Å². The normalized spacial score (nSPS) is 21.6. The smallest absolute Gasteiger partial charge is 0.257 e. The van der Waals surface area contributed by atoms with Crippen molar-refractivity contribution >= 4 is 21.8 Å². The van der Waals surface area contributed by atoms with Crippen LogP contribution in [0.25, 0.3) is 0 Å². The summed E-state index contributed by atoms with van der Waals surface area (Å²) in [6.45, 7) is 5.17. The Morgan fingerprint density at radius 1 is 1.50 bits per heavy atom. The molecular weight excluding hydrogens is 322 g/mol. The molecule has 0 spiro atoms. The van der Waals surface area contributed by atoms with E-state index < -0.39 is 0 Å². The zero-order valence-corrected chi connectivity index (χ0v) is 13.6. The number of alkyl halides is 1. The maximum absolute atomic E-state index is 12.7. The van der Waals surface area contributed by atoms with Crippen LogP contribution in [0, 0.1) is 0 Å². The van der Waals surface area contributed by atoms with Crippen LogP contribution in [0.3, 0.4) is 0 Å². The van der Waals surface area contributed by atoms with Crippen molar-refractivity contribution in [3.63, 3.8) is 0 Å². The van der Waals surface area contributed by atoms with Crippen LogP contribution in [0.1, 0.15) is 24.2 Å². The van der Waals surface area contributed by atoms with Crippen molar-refractivity contribution in [2.24, 2.45) is 0 Å². The molecule has 0 bridgehead atoms. The van der Waals surface area contributed by atoms with Gasteiger partial charge in [0.25, 0.3) is 5.91 Å². The molecule has 1 aliphatic heterocycles. The Bertz CT molecular complexity index is 490. The Morgan fingerprint density at radius 2 is 2.20 bits per heavy atom. The van der Waals surface area contributed by atoms with Gasteiger partial charge in [0.1, 0.15) is 5.75 Å². The third-order valence-electron chi connectivity index (χ3n) is 3.28. The van der Waals surface area contributed by atoms with Gasteiger partial charge in [-0.05, 0) is 26.0 Å². The highest BCUT2D eigenvalue weighted by molar-refractivity contribution is 9.09. The van der Waals surface area contributed by atoms with Crippen LogP contribution < -0.4 is 4.74 Å². The van der Waals surface area contributed by atoms with Crippen LogP contribution in [0.4, 0.5) is 0 Å². The summed E-state index contributed by atoms with van der Waals surface area (Å²) >= 11 is 3.44. The Labute approximate surface area is 128 Å². The van der Waals surface area contributed by atoms with Gasteiger partial charge in [0.15, 0.2) is 0 Å². The molecule has 1 unspecified atom stereocenters. The highest BCUT2D eigenvalue weighted by atomic mass is 79.9. The average molecular weight is 342 g/mol. The van der Waals surface area contributed by atoms with Crippen molar-refractivity contribution in [1.82, 2.24) is 4.90 Å². The first-order valence-electron chi connectivity index (χ1n) is 6.63. The molecule has 2 rings (SSSR count). The molecule has 1 saturated heterocycles. The van der Waals surface area contributed by atoms with E-state index in [1.807, 2.05) is 30.9 Å². The zero-order chi connectivity index (χ0) is 14.8. The van der Waals surface area contributed by atoms with Crippen LogP contribution in [0.5, 0.6) is 5.75 Å². The molecule has 1 aromatic carbocycles. The lowest BCUT2D eigenvalue weighted by molar-refractivity contribution is -0.116. The minimum absolute atomic E-state index is 0.00947. The Kier molecular flexibility index (Phi) is 4.70. The number of methoxy groups -OCH3 is 1. The van der Waals surface area contributed by atoms with Crippen molar-refractivity contribution in [3.8, 4) is 5.75 Å². The number of para-hydroxylation sites is 1. The third kappa shape index (κ3) is 3.33. The van der Waals surface area contributed by atoms with Gasteiger partial charge in [0, 0.05) is 18.4 Å².